The molecule has 1 saturated heterocycles. The number of hydrogen-bond donors (Lipinski definition) is 2. The van der Waals surface area contributed by atoms with Gasteiger partial charge in [0.2, 0.25) is 0 Å². The van der Waals surface area contributed by atoms with Gasteiger partial charge in [0.05, 0.1) is 28.7 Å². The number of methoxy groups -OCH3 is 1. The second kappa shape index (κ2) is 13.9. The predicted octanol–water partition coefficient (Wildman–Crippen LogP) is 3.00. The van der Waals surface area contributed by atoms with Crippen molar-refractivity contribution in [3.05, 3.63) is 49.6 Å². The monoisotopic (exact) mass is 405 g/mol. The Bertz CT molecular complexity index is 496. The number of rotatable bonds is 4. The molecule has 0 unspecified atom stereocenters. The van der Waals surface area contributed by atoms with Gasteiger partial charge < -0.3 is 35.0 Å². The van der Waals surface area contributed by atoms with Gasteiger partial charge in [0.1, 0.15) is 0 Å². The number of halogens is 1. The molecular formula is C19H30CaClN4O-. The fourth-order valence-electron chi connectivity index (χ4n) is 3.04. The van der Waals surface area contributed by atoms with E-state index in [0.717, 1.165) is 38.0 Å². The number of hydrogen-bond acceptors (Lipinski definition) is 5. The SMILES string of the molecule is C=C1NN=CC(N2C[CH-]CC2)=C1Cl.C=[C-]NC1CCC(OC)CC1.[CH3-].[Ca+2]. The summed E-state index contributed by atoms with van der Waals surface area (Å²) in [6, 6.07) is 0.582. The zero-order valence-electron chi connectivity index (χ0n) is 16.1. The summed E-state index contributed by atoms with van der Waals surface area (Å²) in [5.41, 5.74) is 4.38. The van der Waals surface area contributed by atoms with Crippen LogP contribution in [-0.4, -0.2) is 81.2 Å². The standard InChI is InChI=1S/C9H11ClN3.C9H16NO.CH3.Ca/c1-7-9(10)8(6-11-12-7)13-4-2-3-5-13;1-3-10-8-4-6-9(11-2)7-5-8;;/h2,6,12H,1,3-5H2;8-10H,1,4-7H2,2H3;1H3;/q3*-1;+2. The molecule has 2 heterocycles. The number of ether oxygens (including phenoxy) is 1. The molecule has 0 radical (unpaired) electrons. The molecule has 0 spiro atoms. The van der Waals surface area contributed by atoms with Crippen LogP contribution >= 0.6 is 11.6 Å². The zero-order valence-corrected chi connectivity index (χ0v) is 19.0. The van der Waals surface area contributed by atoms with Crippen LogP contribution in [0.3, 0.4) is 0 Å². The van der Waals surface area contributed by atoms with Crippen LogP contribution < -0.4 is 10.7 Å². The van der Waals surface area contributed by atoms with Crippen LogP contribution in [0.2, 0.25) is 0 Å². The molecule has 3 rings (SSSR count). The number of allylic oxidation sites excluding steroid dienone is 2. The van der Waals surface area contributed by atoms with E-state index in [2.05, 4.69) is 46.5 Å². The van der Waals surface area contributed by atoms with Crippen molar-refractivity contribution in [3.8, 4) is 0 Å². The first-order valence-electron chi connectivity index (χ1n) is 8.40. The second-order valence-electron chi connectivity index (χ2n) is 6.10. The van der Waals surface area contributed by atoms with Gasteiger partial charge >= 0.3 is 37.7 Å². The molecule has 0 bridgehead atoms. The Morgan fingerprint density at radius 1 is 1.42 bits per heavy atom. The Morgan fingerprint density at radius 2 is 2.12 bits per heavy atom. The third-order valence-corrected chi connectivity index (χ3v) is 4.90. The van der Waals surface area contributed by atoms with Gasteiger partial charge in [0.25, 0.3) is 0 Å². The maximum absolute atomic E-state index is 6.08. The molecule has 7 heteroatoms. The minimum Gasteiger partial charge on any atom is -0.565 e. The maximum atomic E-state index is 6.08. The Balaban J connectivity index is 0.000000453. The van der Waals surface area contributed by atoms with Crippen molar-refractivity contribution in [3.63, 3.8) is 0 Å². The van der Waals surface area contributed by atoms with E-state index in [1.54, 1.807) is 13.3 Å². The molecule has 0 atom stereocenters. The van der Waals surface area contributed by atoms with E-state index in [4.69, 9.17) is 16.3 Å². The summed E-state index contributed by atoms with van der Waals surface area (Å²) in [7, 11) is 1.79. The second-order valence-corrected chi connectivity index (χ2v) is 6.48. The molecule has 0 aromatic heterocycles. The summed E-state index contributed by atoms with van der Waals surface area (Å²) in [5.74, 6) is 0. The average molecular weight is 406 g/mol. The van der Waals surface area contributed by atoms with Gasteiger partial charge in [-0.05, 0) is 38.3 Å². The molecule has 0 aromatic carbocycles. The number of hydrazone groups is 1. The number of nitrogens with zero attached hydrogens (tertiary/aromatic N) is 2. The quantitative estimate of drug-likeness (QED) is 0.429. The Labute approximate surface area is 193 Å². The van der Waals surface area contributed by atoms with E-state index in [1.807, 2.05) is 0 Å². The van der Waals surface area contributed by atoms with Gasteiger partial charge in [-0.1, -0.05) is 18.2 Å². The Morgan fingerprint density at radius 3 is 2.65 bits per heavy atom. The van der Waals surface area contributed by atoms with Gasteiger partial charge in [-0.3, -0.25) is 12.0 Å². The third kappa shape index (κ3) is 7.81. The Kier molecular flexibility index (Phi) is 13.8. The van der Waals surface area contributed by atoms with Gasteiger partial charge in [0, 0.05) is 7.11 Å². The topological polar surface area (TPSA) is 48.9 Å². The van der Waals surface area contributed by atoms with E-state index in [-0.39, 0.29) is 45.2 Å². The molecule has 1 aliphatic carbocycles. The van der Waals surface area contributed by atoms with Crippen molar-refractivity contribution in [1.82, 2.24) is 15.6 Å². The van der Waals surface area contributed by atoms with Crippen molar-refractivity contribution in [2.75, 3.05) is 20.2 Å². The Hall–Kier alpha value is -0.200. The minimum absolute atomic E-state index is 0. The van der Waals surface area contributed by atoms with Crippen LogP contribution in [0.25, 0.3) is 0 Å². The van der Waals surface area contributed by atoms with Gasteiger partial charge in [-0.15, -0.1) is 6.54 Å². The maximum Gasteiger partial charge on any atom is 2.00 e. The van der Waals surface area contributed by atoms with Crippen molar-refractivity contribution >= 4 is 55.6 Å². The first-order valence-corrected chi connectivity index (χ1v) is 8.78. The molecule has 2 fully saturated rings. The van der Waals surface area contributed by atoms with Crippen molar-refractivity contribution < 1.29 is 4.74 Å². The minimum atomic E-state index is 0. The average Bonchev–Trinajstić information content (AvgIpc) is 3.13. The molecule has 0 amide bonds. The molecule has 2 N–H and O–H groups in total. The van der Waals surface area contributed by atoms with E-state index < -0.39 is 0 Å². The first-order chi connectivity index (χ1) is 11.7. The zero-order chi connectivity index (χ0) is 17.4. The number of likely N-dealkylation sites (tertiary alicyclic amines) is 1. The summed E-state index contributed by atoms with van der Waals surface area (Å²) in [6.45, 7) is 9.26. The van der Waals surface area contributed by atoms with Crippen LogP contribution in [0, 0.1) is 20.0 Å². The molecule has 1 saturated carbocycles. The third-order valence-electron chi connectivity index (χ3n) is 4.48. The fourth-order valence-corrected chi connectivity index (χ4v) is 3.25. The van der Waals surface area contributed by atoms with E-state index in [9.17, 15) is 0 Å². The molecule has 26 heavy (non-hydrogen) atoms. The summed E-state index contributed by atoms with van der Waals surface area (Å²) in [6.07, 6.45) is 13.0. The van der Waals surface area contributed by atoms with Crippen molar-refractivity contribution in [2.24, 2.45) is 5.10 Å². The van der Waals surface area contributed by atoms with Crippen molar-refractivity contribution in [2.45, 2.75) is 44.2 Å². The molecule has 142 valence electrons. The summed E-state index contributed by atoms with van der Waals surface area (Å²) < 4.78 is 5.25. The van der Waals surface area contributed by atoms with Crippen LogP contribution in [0.1, 0.15) is 32.1 Å². The van der Waals surface area contributed by atoms with E-state index in [1.165, 1.54) is 12.8 Å². The van der Waals surface area contributed by atoms with Crippen LogP contribution in [-0.2, 0) is 4.74 Å². The molecule has 2 aliphatic heterocycles. The normalized spacial score (nSPS) is 24.5. The molecular weight excluding hydrogens is 376 g/mol. The fraction of sp³-hybridized carbons (Fsp3) is 0.526. The summed E-state index contributed by atoms with van der Waals surface area (Å²) in [4.78, 5) is 2.19. The van der Waals surface area contributed by atoms with Crippen LogP contribution in [0.15, 0.2) is 34.7 Å². The van der Waals surface area contributed by atoms with Gasteiger partial charge in [-0.25, -0.2) is 0 Å². The largest absolute Gasteiger partial charge is 2.00 e. The molecule has 3 aliphatic rings. The van der Waals surface area contributed by atoms with Gasteiger partial charge in [-0.2, -0.15) is 11.5 Å². The first kappa shape index (κ1) is 25.8. The summed E-state index contributed by atoms with van der Waals surface area (Å²) >= 11 is 6.08. The van der Waals surface area contributed by atoms with Gasteiger partial charge in [0.15, 0.2) is 0 Å². The van der Waals surface area contributed by atoms with Crippen molar-refractivity contribution in [1.29, 1.82) is 0 Å². The number of nitrogens with one attached hydrogen (secondary N) is 2. The van der Waals surface area contributed by atoms with E-state index >= 15 is 0 Å². The van der Waals surface area contributed by atoms with E-state index in [0.29, 0.717) is 22.9 Å². The summed E-state index contributed by atoms with van der Waals surface area (Å²) in [5, 5.41) is 7.75. The predicted molar refractivity (Wildman–Crippen MR) is 111 cm³/mol. The van der Waals surface area contributed by atoms with Crippen LogP contribution in [0.5, 0.6) is 0 Å². The molecule has 5 nitrogen and oxygen atoms in total. The smallest absolute Gasteiger partial charge is 0.565 e. The molecule has 0 aromatic rings. The van der Waals surface area contributed by atoms with Crippen LogP contribution in [0.4, 0.5) is 0 Å².